The van der Waals surface area contributed by atoms with Gasteiger partial charge in [-0.2, -0.15) is 0 Å². The van der Waals surface area contributed by atoms with Crippen molar-refractivity contribution < 1.29 is 9.47 Å². The van der Waals surface area contributed by atoms with Gasteiger partial charge in [0.15, 0.2) is 0 Å². The first-order valence-electron chi connectivity index (χ1n) is 6.93. The molecule has 4 heteroatoms. The van der Waals surface area contributed by atoms with Crippen molar-refractivity contribution in [1.82, 2.24) is 0 Å². The monoisotopic (exact) mass is 264 g/mol. The number of benzene rings is 1. The van der Waals surface area contributed by atoms with Gasteiger partial charge >= 0.3 is 0 Å². The van der Waals surface area contributed by atoms with Crippen LogP contribution < -0.4 is 15.4 Å². The molecule has 1 aliphatic heterocycles. The first kappa shape index (κ1) is 14.2. The molecule has 0 spiro atoms. The van der Waals surface area contributed by atoms with E-state index in [-0.39, 0.29) is 0 Å². The summed E-state index contributed by atoms with van der Waals surface area (Å²) in [5.74, 6) is 0.943. The fourth-order valence-corrected chi connectivity index (χ4v) is 2.37. The van der Waals surface area contributed by atoms with Gasteiger partial charge in [0.25, 0.3) is 0 Å². The molecule has 0 atom stereocenters. The number of piperidine rings is 1. The quantitative estimate of drug-likeness (QED) is 0.826. The molecular formula is C15H24N2O2. The van der Waals surface area contributed by atoms with Crippen LogP contribution in [0.4, 0.5) is 5.69 Å². The number of nitrogens with two attached hydrogens (primary N) is 1. The van der Waals surface area contributed by atoms with Crippen LogP contribution in [0, 0.1) is 6.92 Å². The van der Waals surface area contributed by atoms with Crippen LogP contribution >= 0.6 is 0 Å². The Morgan fingerprint density at radius 2 is 2.00 bits per heavy atom. The molecule has 2 rings (SSSR count). The number of nitrogens with zero attached hydrogens (tertiary/aromatic N) is 1. The summed E-state index contributed by atoms with van der Waals surface area (Å²) in [6.45, 7) is 5.31. The van der Waals surface area contributed by atoms with Crippen LogP contribution in [0.1, 0.15) is 18.4 Å². The van der Waals surface area contributed by atoms with Crippen LogP contribution in [0.3, 0.4) is 0 Å². The molecule has 0 radical (unpaired) electrons. The first-order chi connectivity index (χ1) is 9.20. The Morgan fingerprint density at radius 3 is 2.68 bits per heavy atom. The van der Waals surface area contributed by atoms with Gasteiger partial charge in [0.1, 0.15) is 12.4 Å². The zero-order valence-electron chi connectivity index (χ0n) is 11.9. The van der Waals surface area contributed by atoms with Crippen LogP contribution in [0.2, 0.25) is 0 Å². The molecule has 4 nitrogen and oxygen atoms in total. The number of rotatable bonds is 5. The Balaban J connectivity index is 2.10. The second kappa shape index (κ2) is 6.78. The largest absolute Gasteiger partial charge is 0.489 e. The lowest BCUT2D eigenvalue weighted by Gasteiger charge is -2.33. The number of aryl methyl sites for hydroxylation is 1. The van der Waals surface area contributed by atoms with Crippen LogP contribution in [0.15, 0.2) is 18.2 Å². The van der Waals surface area contributed by atoms with E-state index in [0.717, 1.165) is 31.7 Å². The summed E-state index contributed by atoms with van der Waals surface area (Å²) in [6, 6.07) is 6.67. The molecule has 1 heterocycles. The summed E-state index contributed by atoms with van der Waals surface area (Å²) in [6.07, 6.45) is 2.09. The highest BCUT2D eigenvalue weighted by Crippen LogP contribution is 2.31. The molecule has 106 valence electrons. The topological polar surface area (TPSA) is 47.7 Å². The average Bonchev–Trinajstić information content (AvgIpc) is 2.41. The van der Waals surface area contributed by atoms with E-state index >= 15 is 0 Å². The fraction of sp³-hybridized carbons (Fsp3) is 0.600. The smallest absolute Gasteiger partial charge is 0.142 e. The number of ether oxygens (including phenoxy) is 2. The maximum absolute atomic E-state index is 5.97. The van der Waals surface area contributed by atoms with E-state index in [1.54, 1.807) is 7.11 Å². The van der Waals surface area contributed by atoms with Gasteiger partial charge in [0, 0.05) is 26.2 Å². The molecule has 1 aromatic rings. The van der Waals surface area contributed by atoms with E-state index in [1.165, 1.54) is 11.3 Å². The minimum atomic E-state index is 0.346. The highest BCUT2D eigenvalue weighted by molar-refractivity contribution is 5.60. The first-order valence-corrected chi connectivity index (χ1v) is 6.93. The number of hydrogen-bond acceptors (Lipinski definition) is 4. The molecule has 1 aromatic carbocycles. The fourth-order valence-electron chi connectivity index (χ4n) is 2.37. The van der Waals surface area contributed by atoms with Gasteiger partial charge in [-0.05, 0) is 37.5 Å². The van der Waals surface area contributed by atoms with Crippen molar-refractivity contribution in [2.45, 2.75) is 25.8 Å². The van der Waals surface area contributed by atoms with Gasteiger partial charge in [0.05, 0.1) is 12.3 Å². The number of methoxy groups -OCH3 is 1. The normalized spacial score (nSPS) is 16.7. The van der Waals surface area contributed by atoms with Crippen molar-refractivity contribution in [2.24, 2.45) is 5.73 Å². The molecule has 2 N–H and O–H groups in total. The van der Waals surface area contributed by atoms with Crippen LogP contribution in [0.5, 0.6) is 5.75 Å². The highest BCUT2D eigenvalue weighted by Gasteiger charge is 2.19. The van der Waals surface area contributed by atoms with Gasteiger partial charge in [-0.1, -0.05) is 6.07 Å². The summed E-state index contributed by atoms with van der Waals surface area (Å²) in [7, 11) is 1.69. The number of anilines is 1. The second-order valence-corrected chi connectivity index (χ2v) is 5.14. The molecule has 0 aliphatic carbocycles. The highest BCUT2D eigenvalue weighted by atomic mass is 16.5. The van der Waals surface area contributed by atoms with Crippen molar-refractivity contribution in [2.75, 3.05) is 38.3 Å². The summed E-state index contributed by atoms with van der Waals surface area (Å²) < 4.78 is 10.8. The van der Waals surface area contributed by atoms with Crippen LogP contribution in [-0.2, 0) is 4.74 Å². The molecule has 0 aromatic heterocycles. The zero-order chi connectivity index (χ0) is 13.7. The zero-order valence-corrected chi connectivity index (χ0v) is 11.9. The lowest BCUT2D eigenvalue weighted by atomic mass is 10.0. The predicted molar refractivity (Wildman–Crippen MR) is 78.0 cm³/mol. The minimum absolute atomic E-state index is 0.346. The SMILES string of the molecule is COCCOc1ccc(C)cc1N1CCC(N)CC1. The third-order valence-electron chi connectivity index (χ3n) is 3.54. The third kappa shape index (κ3) is 3.85. The van der Waals surface area contributed by atoms with E-state index < -0.39 is 0 Å². The lowest BCUT2D eigenvalue weighted by molar-refractivity contribution is 0.146. The van der Waals surface area contributed by atoms with Gasteiger partial charge < -0.3 is 20.1 Å². The van der Waals surface area contributed by atoms with E-state index in [1.807, 2.05) is 0 Å². The van der Waals surface area contributed by atoms with Crippen molar-refractivity contribution >= 4 is 5.69 Å². The Labute approximate surface area is 115 Å². The predicted octanol–water partition coefficient (Wildman–Crippen LogP) is 1.95. The van der Waals surface area contributed by atoms with Crippen molar-refractivity contribution in [1.29, 1.82) is 0 Å². The van der Waals surface area contributed by atoms with Crippen molar-refractivity contribution in [3.63, 3.8) is 0 Å². The summed E-state index contributed by atoms with van der Waals surface area (Å²) in [5, 5.41) is 0. The third-order valence-corrected chi connectivity index (χ3v) is 3.54. The van der Waals surface area contributed by atoms with Gasteiger partial charge in [-0.25, -0.2) is 0 Å². The Kier molecular flexibility index (Phi) is 5.05. The van der Waals surface area contributed by atoms with E-state index in [2.05, 4.69) is 30.0 Å². The Bertz CT molecular complexity index is 401. The van der Waals surface area contributed by atoms with Crippen LogP contribution in [0.25, 0.3) is 0 Å². The summed E-state index contributed by atoms with van der Waals surface area (Å²) in [5.41, 5.74) is 8.40. The molecule has 0 bridgehead atoms. The van der Waals surface area contributed by atoms with Gasteiger partial charge in [0.2, 0.25) is 0 Å². The molecular weight excluding hydrogens is 240 g/mol. The van der Waals surface area contributed by atoms with E-state index in [4.69, 9.17) is 15.2 Å². The maximum atomic E-state index is 5.97. The van der Waals surface area contributed by atoms with Gasteiger partial charge in [-0.3, -0.25) is 0 Å². The Morgan fingerprint density at radius 1 is 1.26 bits per heavy atom. The van der Waals surface area contributed by atoms with Gasteiger partial charge in [-0.15, -0.1) is 0 Å². The second-order valence-electron chi connectivity index (χ2n) is 5.14. The molecule has 1 saturated heterocycles. The van der Waals surface area contributed by atoms with E-state index in [0.29, 0.717) is 19.3 Å². The van der Waals surface area contributed by atoms with Crippen molar-refractivity contribution in [3.8, 4) is 5.75 Å². The molecule has 1 fully saturated rings. The maximum Gasteiger partial charge on any atom is 0.142 e. The van der Waals surface area contributed by atoms with Crippen molar-refractivity contribution in [3.05, 3.63) is 23.8 Å². The minimum Gasteiger partial charge on any atom is -0.489 e. The number of hydrogen-bond donors (Lipinski definition) is 1. The molecule has 19 heavy (non-hydrogen) atoms. The molecule has 0 saturated carbocycles. The average molecular weight is 264 g/mol. The summed E-state index contributed by atoms with van der Waals surface area (Å²) >= 11 is 0. The lowest BCUT2D eigenvalue weighted by Crippen LogP contribution is -2.39. The molecule has 1 aliphatic rings. The van der Waals surface area contributed by atoms with E-state index in [9.17, 15) is 0 Å². The molecule has 0 amide bonds. The molecule has 0 unspecified atom stereocenters. The van der Waals surface area contributed by atoms with Crippen LogP contribution in [-0.4, -0.2) is 39.5 Å². The standard InChI is InChI=1S/C15H24N2O2/c1-12-3-4-15(19-10-9-18-2)14(11-12)17-7-5-13(16)6-8-17/h3-4,11,13H,5-10,16H2,1-2H3. The Hall–Kier alpha value is -1.26. The summed E-state index contributed by atoms with van der Waals surface area (Å²) in [4.78, 5) is 2.37.